The van der Waals surface area contributed by atoms with Crippen molar-refractivity contribution in [2.75, 3.05) is 5.32 Å². The number of amides is 1. The number of nitrogens with zero attached hydrogens (tertiary/aromatic N) is 2. The zero-order chi connectivity index (χ0) is 17.4. The molecule has 0 radical (unpaired) electrons. The van der Waals surface area contributed by atoms with E-state index in [-0.39, 0.29) is 5.91 Å². The molecule has 1 N–H and O–H groups in total. The third kappa shape index (κ3) is 2.80. The van der Waals surface area contributed by atoms with E-state index in [2.05, 4.69) is 10.3 Å². The number of carbonyl (C=O) groups is 1. The molecule has 0 aliphatic rings. The number of furan rings is 1. The Morgan fingerprint density at radius 1 is 1.12 bits per heavy atom. The second-order valence-corrected chi connectivity index (χ2v) is 5.97. The largest absolute Gasteiger partial charge is 0.464 e. The number of aryl methyl sites for hydroxylation is 2. The van der Waals surface area contributed by atoms with Crippen molar-refractivity contribution in [3.63, 3.8) is 0 Å². The van der Waals surface area contributed by atoms with Gasteiger partial charge in [0, 0.05) is 28.8 Å². The highest BCUT2D eigenvalue weighted by Gasteiger charge is 2.14. The van der Waals surface area contributed by atoms with Gasteiger partial charge in [-0.2, -0.15) is 0 Å². The van der Waals surface area contributed by atoms with Crippen LogP contribution in [0.25, 0.3) is 17.0 Å². The van der Waals surface area contributed by atoms with Crippen LogP contribution in [0.15, 0.2) is 65.4 Å². The quantitative estimate of drug-likeness (QED) is 0.603. The number of aromatic nitrogens is 2. The first kappa shape index (κ1) is 15.2. The summed E-state index contributed by atoms with van der Waals surface area (Å²) in [6.45, 7) is 3.92. The molecular weight excluding hydrogens is 314 g/mol. The van der Waals surface area contributed by atoms with Crippen LogP contribution in [0.3, 0.4) is 0 Å². The lowest BCUT2D eigenvalue weighted by molar-refractivity contribution is 0.102. The van der Waals surface area contributed by atoms with Crippen LogP contribution in [0.1, 0.15) is 21.7 Å². The fourth-order valence-electron chi connectivity index (χ4n) is 2.93. The summed E-state index contributed by atoms with van der Waals surface area (Å²) in [5.41, 5.74) is 4.85. The lowest BCUT2D eigenvalue weighted by Crippen LogP contribution is -2.12. The third-order valence-electron chi connectivity index (χ3n) is 4.13. The molecule has 1 aromatic carbocycles. The van der Waals surface area contributed by atoms with Crippen LogP contribution in [0.5, 0.6) is 0 Å². The second-order valence-electron chi connectivity index (χ2n) is 5.97. The van der Waals surface area contributed by atoms with Crippen molar-refractivity contribution in [3.8, 4) is 11.3 Å². The summed E-state index contributed by atoms with van der Waals surface area (Å²) in [5.74, 6) is 0.622. The summed E-state index contributed by atoms with van der Waals surface area (Å²) in [6, 6.07) is 15.1. The average Bonchev–Trinajstić information content (AvgIpc) is 3.25. The van der Waals surface area contributed by atoms with Gasteiger partial charge in [0.25, 0.3) is 5.91 Å². The van der Waals surface area contributed by atoms with E-state index in [1.165, 1.54) is 0 Å². The van der Waals surface area contributed by atoms with Crippen LogP contribution < -0.4 is 5.32 Å². The fourth-order valence-corrected chi connectivity index (χ4v) is 2.93. The van der Waals surface area contributed by atoms with Gasteiger partial charge in [-0.15, -0.1) is 0 Å². The molecule has 0 unspecified atom stereocenters. The van der Waals surface area contributed by atoms with Gasteiger partial charge in [-0.05, 0) is 62.4 Å². The van der Waals surface area contributed by atoms with Crippen LogP contribution in [0, 0.1) is 13.8 Å². The van der Waals surface area contributed by atoms with E-state index in [4.69, 9.17) is 4.42 Å². The topological polar surface area (TPSA) is 59.5 Å². The normalized spacial score (nSPS) is 11.0. The summed E-state index contributed by atoms with van der Waals surface area (Å²) in [6.07, 6.45) is 3.51. The maximum atomic E-state index is 12.6. The summed E-state index contributed by atoms with van der Waals surface area (Å²) in [5, 5.41) is 2.93. The van der Waals surface area contributed by atoms with Crippen LogP contribution >= 0.6 is 0 Å². The van der Waals surface area contributed by atoms with Crippen molar-refractivity contribution < 1.29 is 9.21 Å². The first-order valence-corrected chi connectivity index (χ1v) is 8.02. The lowest BCUT2D eigenvalue weighted by Gasteiger charge is -2.07. The molecule has 0 spiro atoms. The van der Waals surface area contributed by atoms with Crippen LogP contribution in [0.4, 0.5) is 5.69 Å². The Morgan fingerprint density at radius 3 is 2.64 bits per heavy atom. The van der Waals surface area contributed by atoms with Gasteiger partial charge in [0.2, 0.25) is 0 Å². The summed E-state index contributed by atoms with van der Waals surface area (Å²) in [7, 11) is 0. The smallest absolute Gasteiger partial charge is 0.259 e. The monoisotopic (exact) mass is 331 g/mol. The van der Waals surface area contributed by atoms with Gasteiger partial charge in [0.15, 0.2) is 0 Å². The van der Waals surface area contributed by atoms with Crippen molar-refractivity contribution in [1.29, 1.82) is 0 Å². The minimum Gasteiger partial charge on any atom is -0.464 e. The molecular formula is C20H17N3O2. The summed E-state index contributed by atoms with van der Waals surface area (Å²) in [4.78, 5) is 17.1. The zero-order valence-corrected chi connectivity index (χ0v) is 14.0. The number of benzene rings is 1. The summed E-state index contributed by atoms with van der Waals surface area (Å²) < 4.78 is 7.29. The molecule has 3 aromatic heterocycles. The van der Waals surface area contributed by atoms with Crippen LogP contribution in [-0.4, -0.2) is 15.3 Å². The molecule has 4 aromatic rings. The number of anilines is 1. The fraction of sp³-hybridized carbons (Fsp3) is 0.100. The molecule has 5 nitrogen and oxygen atoms in total. The van der Waals surface area contributed by atoms with Crippen molar-refractivity contribution in [2.24, 2.45) is 0 Å². The lowest BCUT2D eigenvalue weighted by atomic mass is 10.1. The molecule has 5 heteroatoms. The molecule has 25 heavy (non-hydrogen) atoms. The highest BCUT2D eigenvalue weighted by atomic mass is 16.3. The van der Waals surface area contributed by atoms with E-state index >= 15 is 0 Å². The molecule has 0 saturated heterocycles. The average molecular weight is 331 g/mol. The van der Waals surface area contributed by atoms with Gasteiger partial charge in [-0.1, -0.05) is 0 Å². The Morgan fingerprint density at radius 2 is 1.92 bits per heavy atom. The minimum absolute atomic E-state index is 0.175. The standard InChI is InChI=1S/C20H17N3O2/c1-13-12-14(2)23-10-9-17(19(23)21-13)20(24)22-16-7-5-15(6-8-16)18-4-3-11-25-18/h3-12H,1-2H3,(H,22,24). The molecule has 124 valence electrons. The predicted octanol–water partition coefficient (Wildman–Crippen LogP) is 4.46. The predicted molar refractivity (Wildman–Crippen MR) is 96.8 cm³/mol. The van der Waals surface area contributed by atoms with E-state index in [1.807, 2.05) is 66.9 Å². The first-order valence-electron chi connectivity index (χ1n) is 8.02. The van der Waals surface area contributed by atoms with E-state index in [0.717, 1.165) is 28.4 Å². The van der Waals surface area contributed by atoms with Gasteiger partial charge < -0.3 is 14.1 Å². The van der Waals surface area contributed by atoms with E-state index in [9.17, 15) is 4.79 Å². The van der Waals surface area contributed by atoms with Gasteiger partial charge in [-0.3, -0.25) is 4.79 Å². The minimum atomic E-state index is -0.175. The maximum absolute atomic E-state index is 12.6. The highest BCUT2D eigenvalue weighted by molar-refractivity contribution is 6.08. The SMILES string of the molecule is Cc1cc(C)n2ccc(C(=O)Nc3ccc(-c4ccco4)cc3)c2n1. The van der Waals surface area contributed by atoms with Crippen molar-refractivity contribution >= 4 is 17.2 Å². The molecule has 4 rings (SSSR count). The van der Waals surface area contributed by atoms with Crippen molar-refractivity contribution in [1.82, 2.24) is 9.38 Å². The Labute approximate surface area is 144 Å². The number of hydrogen-bond acceptors (Lipinski definition) is 3. The van der Waals surface area contributed by atoms with E-state index in [1.54, 1.807) is 12.3 Å². The number of carbonyl (C=O) groups excluding carboxylic acids is 1. The number of hydrogen-bond donors (Lipinski definition) is 1. The highest BCUT2D eigenvalue weighted by Crippen LogP contribution is 2.22. The van der Waals surface area contributed by atoms with Gasteiger partial charge in [0.05, 0.1) is 11.8 Å². The third-order valence-corrected chi connectivity index (χ3v) is 4.13. The molecule has 0 aliphatic carbocycles. The number of nitrogens with one attached hydrogen (secondary N) is 1. The number of fused-ring (bicyclic) bond motifs is 1. The zero-order valence-electron chi connectivity index (χ0n) is 14.0. The molecule has 0 bridgehead atoms. The Hall–Kier alpha value is -3.34. The van der Waals surface area contributed by atoms with Gasteiger partial charge in [-0.25, -0.2) is 4.98 Å². The number of rotatable bonds is 3. The van der Waals surface area contributed by atoms with Crippen molar-refractivity contribution in [2.45, 2.75) is 13.8 Å². The molecule has 0 atom stereocenters. The molecule has 0 fully saturated rings. The molecule has 0 saturated carbocycles. The van der Waals surface area contributed by atoms with Crippen LogP contribution in [0.2, 0.25) is 0 Å². The molecule has 3 heterocycles. The second kappa shape index (κ2) is 5.94. The Bertz CT molecular complexity index is 1040. The van der Waals surface area contributed by atoms with E-state index in [0.29, 0.717) is 11.2 Å². The van der Waals surface area contributed by atoms with Gasteiger partial charge >= 0.3 is 0 Å². The Kier molecular flexibility index (Phi) is 3.61. The van der Waals surface area contributed by atoms with E-state index < -0.39 is 0 Å². The van der Waals surface area contributed by atoms with Crippen LogP contribution in [-0.2, 0) is 0 Å². The Balaban J connectivity index is 1.60. The molecule has 0 aliphatic heterocycles. The molecule has 1 amide bonds. The maximum Gasteiger partial charge on any atom is 0.259 e. The van der Waals surface area contributed by atoms with Crippen molar-refractivity contribution in [3.05, 3.63) is 77.9 Å². The van der Waals surface area contributed by atoms with Gasteiger partial charge in [0.1, 0.15) is 11.4 Å². The first-order chi connectivity index (χ1) is 12.1. The summed E-state index contributed by atoms with van der Waals surface area (Å²) >= 11 is 0.